The molecule has 1 fully saturated rings. The molecule has 2 amide bonds. The smallest absolute Gasteiger partial charge is 0.254 e. The van der Waals surface area contributed by atoms with E-state index in [9.17, 15) is 9.59 Å². The lowest BCUT2D eigenvalue weighted by Gasteiger charge is -2.23. The second kappa shape index (κ2) is 7.43. The van der Waals surface area contributed by atoms with E-state index in [4.69, 9.17) is 0 Å². The van der Waals surface area contributed by atoms with Crippen LogP contribution in [0.5, 0.6) is 0 Å². The Bertz CT molecular complexity index is 518. The van der Waals surface area contributed by atoms with Crippen LogP contribution in [0.3, 0.4) is 0 Å². The largest absolute Gasteiger partial charge is 0.352 e. The standard InChI is InChI=1S/C18H26N2O2/c1-13(2)10-11-20(17-8-9-17)18(22)16-6-4-15(5-7-16)12-19-14(3)21/h4-7,13,17H,8-12H2,1-3H3,(H,19,21). The molecule has 1 N–H and O–H groups in total. The zero-order valence-corrected chi connectivity index (χ0v) is 13.8. The van der Waals surface area contributed by atoms with Crippen LogP contribution in [0.1, 0.15) is 56.0 Å². The molecule has 0 unspecified atom stereocenters. The molecule has 1 aromatic carbocycles. The van der Waals surface area contributed by atoms with Crippen LogP contribution in [-0.4, -0.2) is 29.3 Å². The van der Waals surface area contributed by atoms with Crippen molar-refractivity contribution < 1.29 is 9.59 Å². The highest BCUT2D eigenvalue weighted by Gasteiger charge is 2.32. The third-order valence-corrected chi connectivity index (χ3v) is 3.94. The van der Waals surface area contributed by atoms with E-state index >= 15 is 0 Å². The molecule has 4 heteroatoms. The van der Waals surface area contributed by atoms with E-state index < -0.39 is 0 Å². The Kier molecular flexibility index (Phi) is 5.58. The highest BCUT2D eigenvalue weighted by atomic mass is 16.2. The molecule has 22 heavy (non-hydrogen) atoms. The van der Waals surface area contributed by atoms with Gasteiger partial charge in [-0.3, -0.25) is 9.59 Å². The molecule has 0 aromatic heterocycles. The van der Waals surface area contributed by atoms with E-state index in [2.05, 4.69) is 19.2 Å². The maximum atomic E-state index is 12.7. The number of rotatable bonds is 7. The zero-order valence-electron chi connectivity index (χ0n) is 13.8. The predicted octanol–water partition coefficient (Wildman–Crippen LogP) is 2.97. The average molecular weight is 302 g/mol. The summed E-state index contributed by atoms with van der Waals surface area (Å²) in [6.45, 7) is 7.22. The minimum Gasteiger partial charge on any atom is -0.352 e. The second-order valence-corrected chi connectivity index (χ2v) is 6.52. The summed E-state index contributed by atoms with van der Waals surface area (Å²) in [6, 6.07) is 7.99. The molecule has 0 atom stereocenters. The monoisotopic (exact) mass is 302 g/mol. The SMILES string of the molecule is CC(=O)NCc1ccc(C(=O)N(CCC(C)C)C2CC2)cc1. The molecule has 1 saturated carbocycles. The van der Waals surface area contributed by atoms with Gasteiger partial charge in [-0.15, -0.1) is 0 Å². The number of carbonyl (C=O) groups is 2. The van der Waals surface area contributed by atoms with Crippen LogP contribution in [0.25, 0.3) is 0 Å². The number of hydrogen-bond acceptors (Lipinski definition) is 2. The number of nitrogens with zero attached hydrogens (tertiary/aromatic N) is 1. The van der Waals surface area contributed by atoms with Crippen molar-refractivity contribution in [1.29, 1.82) is 0 Å². The van der Waals surface area contributed by atoms with E-state index in [1.54, 1.807) is 0 Å². The molecule has 1 aliphatic carbocycles. The van der Waals surface area contributed by atoms with E-state index in [1.807, 2.05) is 29.2 Å². The maximum absolute atomic E-state index is 12.7. The Morgan fingerprint density at radius 3 is 2.36 bits per heavy atom. The Balaban J connectivity index is 1.99. The lowest BCUT2D eigenvalue weighted by Crippen LogP contribution is -2.34. The van der Waals surface area contributed by atoms with E-state index in [-0.39, 0.29) is 11.8 Å². The zero-order chi connectivity index (χ0) is 16.1. The third kappa shape index (κ3) is 4.86. The van der Waals surface area contributed by atoms with Gasteiger partial charge in [0.15, 0.2) is 0 Å². The number of amides is 2. The van der Waals surface area contributed by atoms with Gasteiger partial charge in [0, 0.05) is 31.6 Å². The fraction of sp³-hybridized carbons (Fsp3) is 0.556. The summed E-state index contributed by atoms with van der Waals surface area (Å²) in [4.78, 5) is 25.6. The van der Waals surface area contributed by atoms with Crippen molar-refractivity contribution in [3.05, 3.63) is 35.4 Å². The van der Waals surface area contributed by atoms with Crippen molar-refractivity contribution in [3.8, 4) is 0 Å². The summed E-state index contributed by atoms with van der Waals surface area (Å²) in [6.07, 6.45) is 3.30. The van der Waals surface area contributed by atoms with E-state index in [0.717, 1.165) is 36.9 Å². The van der Waals surface area contributed by atoms with Crippen molar-refractivity contribution in [1.82, 2.24) is 10.2 Å². The number of carbonyl (C=O) groups excluding carboxylic acids is 2. The van der Waals surface area contributed by atoms with Gasteiger partial charge in [0.1, 0.15) is 0 Å². The van der Waals surface area contributed by atoms with Gasteiger partial charge in [0.2, 0.25) is 5.91 Å². The summed E-state index contributed by atoms with van der Waals surface area (Å²) in [5, 5.41) is 2.76. The van der Waals surface area contributed by atoms with E-state index in [0.29, 0.717) is 18.5 Å². The van der Waals surface area contributed by atoms with Gasteiger partial charge in [0.05, 0.1) is 0 Å². The first kappa shape index (κ1) is 16.5. The Hall–Kier alpha value is -1.84. The normalized spacial score (nSPS) is 14.0. The van der Waals surface area contributed by atoms with Crippen LogP contribution in [0, 0.1) is 5.92 Å². The van der Waals surface area contributed by atoms with Crippen molar-refractivity contribution in [2.45, 2.75) is 52.6 Å². The lowest BCUT2D eigenvalue weighted by molar-refractivity contribution is -0.119. The Morgan fingerprint density at radius 2 is 1.86 bits per heavy atom. The van der Waals surface area contributed by atoms with Crippen LogP contribution >= 0.6 is 0 Å². The Morgan fingerprint density at radius 1 is 1.23 bits per heavy atom. The molecule has 120 valence electrons. The molecule has 1 aromatic rings. The molecule has 0 spiro atoms. The van der Waals surface area contributed by atoms with Crippen LogP contribution < -0.4 is 5.32 Å². The fourth-order valence-electron chi connectivity index (χ4n) is 2.39. The molecule has 4 nitrogen and oxygen atoms in total. The van der Waals surface area contributed by atoms with Gasteiger partial charge in [-0.2, -0.15) is 0 Å². The second-order valence-electron chi connectivity index (χ2n) is 6.52. The quantitative estimate of drug-likeness (QED) is 0.842. The summed E-state index contributed by atoms with van der Waals surface area (Å²) in [7, 11) is 0. The minimum atomic E-state index is -0.0475. The summed E-state index contributed by atoms with van der Waals surface area (Å²) in [5.41, 5.74) is 1.74. The topological polar surface area (TPSA) is 49.4 Å². The third-order valence-electron chi connectivity index (χ3n) is 3.94. The fourth-order valence-corrected chi connectivity index (χ4v) is 2.39. The molecule has 1 aliphatic rings. The first-order chi connectivity index (χ1) is 10.5. The van der Waals surface area contributed by atoms with Crippen molar-refractivity contribution in [2.75, 3.05) is 6.54 Å². The van der Waals surface area contributed by atoms with Crippen LogP contribution in [0.4, 0.5) is 0 Å². The lowest BCUT2D eigenvalue weighted by atomic mass is 10.1. The molecular formula is C18H26N2O2. The van der Waals surface area contributed by atoms with Gasteiger partial charge in [0.25, 0.3) is 5.91 Å². The van der Waals surface area contributed by atoms with Crippen LogP contribution in [0.2, 0.25) is 0 Å². The van der Waals surface area contributed by atoms with Gasteiger partial charge >= 0.3 is 0 Å². The molecule has 0 radical (unpaired) electrons. The predicted molar refractivity (Wildman–Crippen MR) is 87.5 cm³/mol. The van der Waals surface area contributed by atoms with Gasteiger partial charge < -0.3 is 10.2 Å². The van der Waals surface area contributed by atoms with E-state index in [1.165, 1.54) is 6.92 Å². The molecule has 0 saturated heterocycles. The average Bonchev–Trinajstić information content (AvgIpc) is 3.30. The summed E-state index contributed by atoms with van der Waals surface area (Å²) < 4.78 is 0. The number of nitrogens with one attached hydrogen (secondary N) is 1. The first-order valence-corrected chi connectivity index (χ1v) is 8.11. The molecular weight excluding hydrogens is 276 g/mol. The molecule has 2 rings (SSSR count). The van der Waals surface area contributed by atoms with Crippen LogP contribution in [0.15, 0.2) is 24.3 Å². The number of benzene rings is 1. The Labute approximate surface area is 132 Å². The van der Waals surface area contributed by atoms with Gasteiger partial charge in [-0.25, -0.2) is 0 Å². The highest BCUT2D eigenvalue weighted by molar-refractivity contribution is 5.94. The van der Waals surface area contributed by atoms with Gasteiger partial charge in [-0.1, -0.05) is 26.0 Å². The van der Waals surface area contributed by atoms with Crippen LogP contribution in [-0.2, 0) is 11.3 Å². The van der Waals surface area contributed by atoms with Crippen molar-refractivity contribution >= 4 is 11.8 Å². The molecule has 0 aliphatic heterocycles. The molecule has 0 heterocycles. The number of hydrogen-bond donors (Lipinski definition) is 1. The van der Waals surface area contributed by atoms with Gasteiger partial charge in [-0.05, 0) is 42.9 Å². The van der Waals surface area contributed by atoms with Crippen molar-refractivity contribution in [3.63, 3.8) is 0 Å². The summed E-state index contributed by atoms with van der Waals surface area (Å²) >= 11 is 0. The highest BCUT2D eigenvalue weighted by Crippen LogP contribution is 2.29. The minimum absolute atomic E-state index is 0.0475. The first-order valence-electron chi connectivity index (χ1n) is 8.11. The maximum Gasteiger partial charge on any atom is 0.254 e. The molecule has 0 bridgehead atoms. The van der Waals surface area contributed by atoms with Crippen molar-refractivity contribution in [2.24, 2.45) is 5.92 Å². The summed E-state index contributed by atoms with van der Waals surface area (Å²) in [5.74, 6) is 0.692.